The summed E-state index contributed by atoms with van der Waals surface area (Å²) in [4.78, 5) is 2.55. The number of likely N-dealkylation sites (tertiary alicyclic amines) is 1. The van der Waals surface area contributed by atoms with E-state index in [9.17, 15) is 0 Å². The molecule has 1 fully saturated rings. The fourth-order valence-corrected chi connectivity index (χ4v) is 2.93. The molecule has 1 aromatic rings. The third kappa shape index (κ3) is 4.35. The summed E-state index contributed by atoms with van der Waals surface area (Å²) in [5.74, 6) is 2.54. The Hall–Kier alpha value is -1.26. The predicted octanol–water partition coefficient (Wildman–Crippen LogP) is 2.52. The summed E-state index contributed by atoms with van der Waals surface area (Å²) < 4.78 is 10.7. The maximum atomic E-state index is 5.41. The van der Waals surface area contributed by atoms with Gasteiger partial charge in [0.25, 0.3) is 0 Å². The van der Waals surface area contributed by atoms with Gasteiger partial charge >= 0.3 is 0 Å². The van der Waals surface area contributed by atoms with Crippen LogP contribution in [0.15, 0.2) is 18.2 Å². The largest absolute Gasteiger partial charge is 0.497 e. The van der Waals surface area contributed by atoms with Crippen LogP contribution >= 0.6 is 0 Å². The van der Waals surface area contributed by atoms with Crippen molar-refractivity contribution in [3.63, 3.8) is 0 Å². The maximum absolute atomic E-state index is 5.41. The highest BCUT2D eigenvalue weighted by molar-refractivity contribution is 5.40. The lowest BCUT2D eigenvalue weighted by molar-refractivity contribution is 0.264. The highest BCUT2D eigenvalue weighted by Crippen LogP contribution is 2.24. The number of rotatable bonds is 7. The minimum atomic E-state index is 0.661. The molecule has 1 aliphatic rings. The van der Waals surface area contributed by atoms with Crippen molar-refractivity contribution >= 4 is 0 Å². The molecule has 0 radical (unpaired) electrons. The summed E-state index contributed by atoms with van der Waals surface area (Å²) in [6.07, 6.45) is 1.29. The molecule has 1 saturated heterocycles. The van der Waals surface area contributed by atoms with Crippen molar-refractivity contribution in [1.29, 1.82) is 0 Å². The lowest BCUT2D eigenvalue weighted by Gasteiger charge is -2.20. The van der Waals surface area contributed by atoms with Crippen LogP contribution in [-0.2, 0) is 6.54 Å². The van der Waals surface area contributed by atoms with Gasteiger partial charge in [-0.05, 0) is 57.5 Å². The zero-order valence-electron chi connectivity index (χ0n) is 13.7. The van der Waals surface area contributed by atoms with Crippen molar-refractivity contribution in [2.24, 2.45) is 5.92 Å². The van der Waals surface area contributed by atoms with Crippen molar-refractivity contribution in [3.8, 4) is 11.5 Å². The molecule has 1 atom stereocenters. The third-order valence-electron chi connectivity index (χ3n) is 4.28. The van der Waals surface area contributed by atoms with Crippen molar-refractivity contribution in [2.45, 2.75) is 32.9 Å². The van der Waals surface area contributed by atoms with Gasteiger partial charge in [0.2, 0.25) is 0 Å². The first-order chi connectivity index (χ1) is 10.1. The van der Waals surface area contributed by atoms with Crippen LogP contribution in [0.1, 0.15) is 25.8 Å². The van der Waals surface area contributed by atoms with Gasteiger partial charge in [0, 0.05) is 24.7 Å². The van der Waals surface area contributed by atoms with Crippen LogP contribution in [0.4, 0.5) is 0 Å². The molecule has 1 aromatic carbocycles. The predicted molar refractivity (Wildman–Crippen MR) is 86.1 cm³/mol. The molecule has 0 spiro atoms. The Morgan fingerprint density at radius 1 is 1.29 bits per heavy atom. The van der Waals surface area contributed by atoms with Crippen molar-refractivity contribution in [3.05, 3.63) is 23.8 Å². The van der Waals surface area contributed by atoms with Gasteiger partial charge in [-0.15, -0.1) is 0 Å². The zero-order chi connectivity index (χ0) is 15.2. The molecule has 1 heterocycles. The molecular weight excluding hydrogens is 264 g/mol. The lowest BCUT2D eigenvalue weighted by Crippen LogP contribution is -2.30. The summed E-state index contributed by atoms with van der Waals surface area (Å²) in [7, 11) is 3.40. The van der Waals surface area contributed by atoms with Gasteiger partial charge in [0.15, 0.2) is 0 Å². The van der Waals surface area contributed by atoms with E-state index in [2.05, 4.69) is 24.1 Å². The fraction of sp³-hybridized carbons (Fsp3) is 0.647. The van der Waals surface area contributed by atoms with E-state index in [4.69, 9.17) is 9.47 Å². The number of benzene rings is 1. The average molecular weight is 292 g/mol. The standard InChI is InChI=1S/C17H28N2O2/c1-13(2)19-8-7-14(12-19)10-18-11-15-9-16(20-3)5-6-17(15)21-4/h5-6,9,13-14,18H,7-8,10-12H2,1-4H3. The van der Waals surface area contributed by atoms with Crippen LogP contribution in [0, 0.1) is 5.92 Å². The summed E-state index contributed by atoms with van der Waals surface area (Å²) in [5.41, 5.74) is 1.15. The average Bonchev–Trinajstić information content (AvgIpc) is 2.96. The van der Waals surface area contributed by atoms with Crippen LogP contribution in [-0.4, -0.2) is 44.8 Å². The number of hydrogen-bond acceptors (Lipinski definition) is 4. The first kappa shape index (κ1) is 16.1. The molecule has 0 saturated carbocycles. The molecule has 1 aliphatic heterocycles. The molecule has 2 rings (SSSR count). The Balaban J connectivity index is 1.83. The number of nitrogens with one attached hydrogen (secondary N) is 1. The van der Waals surface area contributed by atoms with E-state index in [1.807, 2.05) is 18.2 Å². The zero-order valence-corrected chi connectivity index (χ0v) is 13.7. The summed E-state index contributed by atoms with van der Waals surface area (Å²) in [5, 5.41) is 3.57. The lowest BCUT2D eigenvalue weighted by atomic mass is 10.1. The molecular formula is C17H28N2O2. The first-order valence-corrected chi connectivity index (χ1v) is 7.79. The SMILES string of the molecule is COc1ccc(OC)c(CNCC2CCN(C(C)C)C2)c1. The highest BCUT2D eigenvalue weighted by Gasteiger charge is 2.23. The van der Waals surface area contributed by atoms with E-state index in [1.165, 1.54) is 19.5 Å². The molecule has 0 aromatic heterocycles. The van der Waals surface area contributed by atoms with E-state index in [1.54, 1.807) is 14.2 Å². The topological polar surface area (TPSA) is 33.7 Å². The second-order valence-corrected chi connectivity index (χ2v) is 6.05. The van der Waals surface area contributed by atoms with Crippen molar-refractivity contribution in [1.82, 2.24) is 10.2 Å². The van der Waals surface area contributed by atoms with Crippen molar-refractivity contribution < 1.29 is 9.47 Å². The van der Waals surface area contributed by atoms with Gasteiger partial charge in [-0.2, -0.15) is 0 Å². The molecule has 0 bridgehead atoms. The van der Waals surface area contributed by atoms with Gasteiger partial charge in [-0.3, -0.25) is 0 Å². The van der Waals surface area contributed by atoms with Gasteiger partial charge in [-0.25, -0.2) is 0 Å². The molecule has 4 nitrogen and oxygen atoms in total. The van der Waals surface area contributed by atoms with Crippen LogP contribution in [0.2, 0.25) is 0 Å². The van der Waals surface area contributed by atoms with Gasteiger partial charge in [0.05, 0.1) is 14.2 Å². The van der Waals surface area contributed by atoms with E-state index in [0.717, 1.165) is 36.1 Å². The Bertz CT molecular complexity index is 448. The van der Waals surface area contributed by atoms with E-state index >= 15 is 0 Å². The number of methoxy groups -OCH3 is 2. The Morgan fingerprint density at radius 3 is 2.71 bits per heavy atom. The third-order valence-corrected chi connectivity index (χ3v) is 4.28. The number of ether oxygens (including phenoxy) is 2. The van der Waals surface area contributed by atoms with E-state index in [0.29, 0.717) is 6.04 Å². The van der Waals surface area contributed by atoms with E-state index < -0.39 is 0 Å². The molecule has 0 aliphatic carbocycles. The number of nitrogens with zero attached hydrogens (tertiary/aromatic N) is 1. The normalized spacial score (nSPS) is 19.2. The molecule has 0 amide bonds. The van der Waals surface area contributed by atoms with Crippen LogP contribution in [0.3, 0.4) is 0 Å². The Morgan fingerprint density at radius 2 is 2.10 bits per heavy atom. The molecule has 118 valence electrons. The van der Waals surface area contributed by atoms with Crippen LogP contribution < -0.4 is 14.8 Å². The molecule has 1 N–H and O–H groups in total. The Kier molecular flexibility index (Phi) is 5.88. The summed E-state index contributed by atoms with van der Waals surface area (Å²) >= 11 is 0. The van der Waals surface area contributed by atoms with Gasteiger partial charge in [-0.1, -0.05) is 0 Å². The van der Waals surface area contributed by atoms with E-state index in [-0.39, 0.29) is 0 Å². The van der Waals surface area contributed by atoms with Gasteiger partial charge in [0.1, 0.15) is 11.5 Å². The molecule has 4 heteroatoms. The smallest absolute Gasteiger partial charge is 0.123 e. The van der Waals surface area contributed by atoms with Crippen LogP contribution in [0.25, 0.3) is 0 Å². The van der Waals surface area contributed by atoms with Crippen LogP contribution in [0.5, 0.6) is 11.5 Å². The first-order valence-electron chi connectivity index (χ1n) is 7.79. The highest BCUT2D eigenvalue weighted by atomic mass is 16.5. The summed E-state index contributed by atoms with van der Waals surface area (Å²) in [6.45, 7) is 8.86. The minimum Gasteiger partial charge on any atom is -0.497 e. The monoisotopic (exact) mass is 292 g/mol. The summed E-state index contributed by atoms with van der Waals surface area (Å²) in [6, 6.07) is 6.60. The fourth-order valence-electron chi connectivity index (χ4n) is 2.93. The van der Waals surface area contributed by atoms with Gasteiger partial charge < -0.3 is 19.7 Å². The molecule has 1 unspecified atom stereocenters. The molecule has 21 heavy (non-hydrogen) atoms. The quantitative estimate of drug-likeness (QED) is 0.837. The maximum Gasteiger partial charge on any atom is 0.123 e. The number of hydrogen-bond donors (Lipinski definition) is 1. The second-order valence-electron chi connectivity index (χ2n) is 6.05. The van der Waals surface area contributed by atoms with Crippen molar-refractivity contribution in [2.75, 3.05) is 33.9 Å². The second kappa shape index (κ2) is 7.66. The Labute approximate surface area is 128 Å². The minimum absolute atomic E-state index is 0.661.